The minimum absolute atomic E-state index is 0.0272. The number of carbonyl (C=O) groups excluding carboxylic acids is 2. The van der Waals surface area contributed by atoms with Gasteiger partial charge in [0.25, 0.3) is 0 Å². The zero-order valence-corrected chi connectivity index (χ0v) is 12.7. The fourth-order valence-electron chi connectivity index (χ4n) is 2.36. The summed E-state index contributed by atoms with van der Waals surface area (Å²) in [5.74, 6) is 0.612. The average molecular weight is 281 g/mol. The van der Waals surface area contributed by atoms with Crippen molar-refractivity contribution in [2.24, 2.45) is 11.8 Å². The molecule has 0 bridgehead atoms. The van der Waals surface area contributed by atoms with Gasteiger partial charge in [-0.15, -0.1) is 6.58 Å². The van der Waals surface area contributed by atoms with Crippen LogP contribution >= 0.6 is 0 Å². The van der Waals surface area contributed by atoms with Crippen molar-refractivity contribution in [3.8, 4) is 0 Å². The first-order valence-corrected chi connectivity index (χ1v) is 7.40. The maximum absolute atomic E-state index is 11.7. The number of hydrogen-bond donors (Lipinski definition) is 2. The topological polar surface area (TPSA) is 61.4 Å². The molecule has 2 amide bonds. The highest BCUT2D eigenvalue weighted by Crippen LogP contribution is 2.15. The fourth-order valence-corrected chi connectivity index (χ4v) is 2.36. The van der Waals surface area contributed by atoms with Crippen molar-refractivity contribution < 1.29 is 9.59 Å². The van der Waals surface area contributed by atoms with E-state index in [0.717, 1.165) is 25.9 Å². The molecule has 5 nitrogen and oxygen atoms in total. The Morgan fingerprint density at radius 2 is 2.15 bits per heavy atom. The summed E-state index contributed by atoms with van der Waals surface area (Å²) in [5.41, 5.74) is 0. The summed E-state index contributed by atoms with van der Waals surface area (Å²) in [6, 6.07) is 0. The summed E-state index contributed by atoms with van der Waals surface area (Å²) < 4.78 is 0. The zero-order chi connectivity index (χ0) is 15.0. The van der Waals surface area contributed by atoms with Gasteiger partial charge in [-0.2, -0.15) is 0 Å². The van der Waals surface area contributed by atoms with E-state index < -0.39 is 0 Å². The van der Waals surface area contributed by atoms with Gasteiger partial charge in [0, 0.05) is 25.6 Å². The number of piperidine rings is 1. The molecular weight excluding hydrogens is 254 g/mol. The summed E-state index contributed by atoms with van der Waals surface area (Å²) in [6.07, 6.45) is 3.87. The Morgan fingerprint density at radius 1 is 1.40 bits per heavy atom. The second-order valence-electron chi connectivity index (χ2n) is 5.74. The lowest BCUT2D eigenvalue weighted by Crippen LogP contribution is -2.45. The second-order valence-corrected chi connectivity index (χ2v) is 5.74. The van der Waals surface area contributed by atoms with E-state index in [9.17, 15) is 9.59 Å². The summed E-state index contributed by atoms with van der Waals surface area (Å²) >= 11 is 0. The summed E-state index contributed by atoms with van der Waals surface area (Å²) in [4.78, 5) is 25.4. The summed E-state index contributed by atoms with van der Waals surface area (Å²) in [6.45, 7) is 10.9. The van der Waals surface area contributed by atoms with E-state index in [1.54, 1.807) is 6.08 Å². The number of hydrogen-bond acceptors (Lipinski definition) is 3. The Kier molecular flexibility index (Phi) is 7.30. The monoisotopic (exact) mass is 281 g/mol. The Labute approximate surface area is 121 Å². The minimum atomic E-state index is 0.0272. The molecule has 0 spiro atoms. The van der Waals surface area contributed by atoms with E-state index in [1.165, 1.54) is 0 Å². The van der Waals surface area contributed by atoms with Gasteiger partial charge in [-0.25, -0.2) is 0 Å². The second kappa shape index (κ2) is 8.74. The van der Waals surface area contributed by atoms with Crippen molar-refractivity contribution in [1.29, 1.82) is 0 Å². The van der Waals surface area contributed by atoms with Gasteiger partial charge in [-0.1, -0.05) is 19.9 Å². The van der Waals surface area contributed by atoms with Gasteiger partial charge in [0.05, 0.1) is 6.54 Å². The predicted molar refractivity (Wildman–Crippen MR) is 80.2 cm³/mol. The van der Waals surface area contributed by atoms with Crippen molar-refractivity contribution in [2.75, 3.05) is 32.7 Å². The molecule has 0 radical (unpaired) electrons. The summed E-state index contributed by atoms with van der Waals surface area (Å²) in [7, 11) is 0. The number of amides is 2. The maximum atomic E-state index is 11.7. The third-order valence-corrected chi connectivity index (χ3v) is 3.50. The van der Waals surface area contributed by atoms with Gasteiger partial charge < -0.3 is 10.6 Å². The Morgan fingerprint density at radius 3 is 2.80 bits per heavy atom. The highest BCUT2D eigenvalue weighted by Gasteiger charge is 2.22. The lowest BCUT2D eigenvalue weighted by Gasteiger charge is -2.32. The van der Waals surface area contributed by atoms with Crippen molar-refractivity contribution >= 4 is 11.8 Å². The van der Waals surface area contributed by atoms with E-state index in [4.69, 9.17) is 0 Å². The molecule has 114 valence electrons. The van der Waals surface area contributed by atoms with Crippen LogP contribution in [0.4, 0.5) is 0 Å². The molecule has 1 rings (SSSR count). The van der Waals surface area contributed by atoms with Crippen LogP contribution in [-0.2, 0) is 9.59 Å². The number of carbonyl (C=O) groups is 2. The van der Waals surface area contributed by atoms with Crippen LogP contribution < -0.4 is 10.6 Å². The molecule has 0 saturated carbocycles. The molecule has 1 aliphatic heterocycles. The first kappa shape index (κ1) is 16.7. The van der Waals surface area contributed by atoms with Crippen LogP contribution in [0, 0.1) is 11.8 Å². The van der Waals surface area contributed by atoms with E-state index in [1.807, 2.05) is 13.8 Å². The lowest BCUT2D eigenvalue weighted by atomic mass is 9.97. The van der Waals surface area contributed by atoms with Crippen molar-refractivity contribution in [3.05, 3.63) is 12.7 Å². The smallest absolute Gasteiger partial charge is 0.234 e. The van der Waals surface area contributed by atoms with Crippen LogP contribution in [0.3, 0.4) is 0 Å². The standard InChI is InChI=1S/C15H27N3O2/c1-4-7-16-14(19)11-18-8-5-6-13(10-18)9-17-15(20)12(2)3/h4,12-13H,1,5-11H2,2-3H3,(H,16,19)(H,17,20)/t13-/m1/s1. The van der Waals surface area contributed by atoms with Crippen LogP contribution in [0.15, 0.2) is 12.7 Å². The number of rotatable bonds is 7. The molecule has 1 atom stereocenters. The van der Waals surface area contributed by atoms with Crippen molar-refractivity contribution in [2.45, 2.75) is 26.7 Å². The largest absolute Gasteiger partial charge is 0.356 e. The van der Waals surface area contributed by atoms with Crippen LogP contribution in [0.25, 0.3) is 0 Å². The number of nitrogens with zero attached hydrogens (tertiary/aromatic N) is 1. The van der Waals surface area contributed by atoms with E-state index in [2.05, 4.69) is 22.1 Å². The number of nitrogens with one attached hydrogen (secondary N) is 2. The van der Waals surface area contributed by atoms with Crippen molar-refractivity contribution in [3.63, 3.8) is 0 Å². The molecule has 0 aromatic rings. The Balaban J connectivity index is 2.29. The molecule has 1 heterocycles. The molecule has 1 aliphatic rings. The molecule has 20 heavy (non-hydrogen) atoms. The van der Waals surface area contributed by atoms with Gasteiger partial charge in [0.15, 0.2) is 0 Å². The van der Waals surface area contributed by atoms with Gasteiger partial charge in [-0.05, 0) is 25.3 Å². The van der Waals surface area contributed by atoms with E-state index in [0.29, 0.717) is 25.6 Å². The molecule has 0 aromatic carbocycles. The molecule has 0 aliphatic carbocycles. The quantitative estimate of drug-likeness (QED) is 0.678. The van der Waals surface area contributed by atoms with E-state index >= 15 is 0 Å². The van der Waals surface area contributed by atoms with Gasteiger partial charge in [-0.3, -0.25) is 14.5 Å². The van der Waals surface area contributed by atoms with Gasteiger partial charge in [0.1, 0.15) is 0 Å². The van der Waals surface area contributed by atoms with Gasteiger partial charge >= 0.3 is 0 Å². The summed E-state index contributed by atoms with van der Waals surface area (Å²) in [5, 5.41) is 5.77. The highest BCUT2D eigenvalue weighted by molar-refractivity contribution is 5.78. The average Bonchev–Trinajstić information content (AvgIpc) is 2.42. The first-order valence-electron chi connectivity index (χ1n) is 7.40. The first-order chi connectivity index (χ1) is 9.52. The normalized spacial score (nSPS) is 19.6. The maximum Gasteiger partial charge on any atom is 0.234 e. The molecular formula is C15H27N3O2. The van der Waals surface area contributed by atoms with Crippen LogP contribution in [0.2, 0.25) is 0 Å². The Hall–Kier alpha value is -1.36. The fraction of sp³-hybridized carbons (Fsp3) is 0.733. The molecule has 0 aromatic heterocycles. The zero-order valence-electron chi connectivity index (χ0n) is 12.7. The predicted octanol–water partition coefficient (Wildman–Crippen LogP) is 0.773. The highest BCUT2D eigenvalue weighted by atomic mass is 16.2. The molecule has 1 fully saturated rings. The van der Waals surface area contributed by atoms with Crippen molar-refractivity contribution in [1.82, 2.24) is 15.5 Å². The lowest BCUT2D eigenvalue weighted by molar-refractivity contribution is -0.125. The molecule has 5 heteroatoms. The minimum Gasteiger partial charge on any atom is -0.356 e. The third kappa shape index (κ3) is 6.19. The molecule has 0 unspecified atom stereocenters. The van der Waals surface area contributed by atoms with Crippen LogP contribution in [0.5, 0.6) is 0 Å². The van der Waals surface area contributed by atoms with Crippen LogP contribution in [0.1, 0.15) is 26.7 Å². The van der Waals surface area contributed by atoms with Gasteiger partial charge in [0.2, 0.25) is 11.8 Å². The van der Waals surface area contributed by atoms with Crippen LogP contribution in [-0.4, -0.2) is 49.4 Å². The molecule has 2 N–H and O–H groups in total. The number of likely N-dealkylation sites (tertiary alicyclic amines) is 1. The third-order valence-electron chi connectivity index (χ3n) is 3.50. The SMILES string of the molecule is C=CCNC(=O)CN1CCC[C@H](CNC(=O)C(C)C)C1. The molecule has 1 saturated heterocycles. The van der Waals surface area contributed by atoms with E-state index in [-0.39, 0.29) is 17.7 Å². The Bertz CT molecular complexity index is 342.